The second kappa shape index (κ2) is 9.03. The molecule has 1 aliphatic rings. The average molecular weight is 476 g/mol. The van der Waals surface area contributed by atoms with E-state index in [-0.39, 0.29) is 5.56 Å². The molecular formula is C29H21N3O4. The summed E-state index contributed by atoms with van der Waals surface area (Å²) in [5.74, 6) is 0.411. The highest BCUT2D eigenvalue weighted by Crippen LogP contribution is 2.36. The van der Waals surface area contributed by atoms with Gasteiger partial charge in [0.1, 0.15) is 18.9 Å². The fraction of sp³-hybridized carbons (Fsp3) is 0.0690. The molecule has 1 N–H and O–H groups in total. The number of nitrogens with zero attached hydrogens (tertiary/aromatic N) is 3. The van der Waals surface area contributed by atoms with Crippen LogP contribution in [-0.2, 0) is 0 Å². The third-order valence-electron chi connectivity index (χ3n) is 5.98. The van der Waals surface area contributed by atoms with Gasteiger partial charge in [-0.05, 0) is 54.6 Å². The summed E-state index contributed by atoms with van der Waals surface area (Å²) in [5, 5.41) is 15.2. The van der Waals surface area contributed by atoms with Crippen LogP contribution in [-0.4, -0.2) is 39.1 Å². The third kappa shape index (κ3) is 4.07. The van der Waals surface area contributed by atoms with Gasteiger partial charge in [-0.2, -0.15) is 5.10 Å². The van der Waals surface area contributed by atoms with Crippen molar-refractivity contribution in [2.24, 2.45) is 0 Å². The second-order valence-corrected chi connectivity index (χ2v) is 8.32. The van der Waals surface area contributed by atoms with Gasteiger partial charge in [0.05, 0.1) is 22.5 Å². The number of para-hydroxylation sites is 2. The summed E-state index contributed by atoms with van der Waals surface area (Å²) in [6.07, 6.45) is 5.66. The van der Waals surface area contributed by atoms with Crippen LogP contribution in [0, 0.1) is 0 Å². The molecule has 0 saturated heterocycles. The number of benzene rings is 3. The van der Waals surface area contributed by atoms with E-state index < -0.39 is 5.97 Å². The van der Waals surface area contributed by atoms with Gasteiger partial charge in [0.15, 0.2) is 11.5 Å². The van der Waals surface area contributed by atoms with Crippen molar-refractivity contribution >= 4 is 29.0 Å². The second-order valence-electron chi connectivity index (χ2n) is 8.32. The maximum Gasteiger partial charge on any atom is 0.336 e. The molecule has 7 heteroatoms. The van der Waals surface area contributed by atoms with Gasteiger partial charge in [-0.25, -0.2) is 14.5 Å². The SMILES string of the molecule is O=C(O)c1cc(C=Cc2cn(-c3ccccc3)nc2-c2ccc3c(c2)OCCO3)nc2ccccc12. The molecule has 3 aromatic carbocycles. The fourth-order valence-electron chi connectivity index (χ4n) is 4.27. The highest BCUT2D eigenvalue weighted by Gasteiger charge is 2.17. The largest absolute Gasteiger partial charge is 0.486 e. The zero-order valence-corrected chi connectivity index (χ0v) is 19.2. The molecule has 0 bridgehead atoms. The maximum atomic E-state index is 11.9. The molecule has 7 nitrogen and oxygen atoms in total. The number of hydrogen-bond acceptors (Lipinski definition) is 5. The van der Waals surface area contributed by atoms with E-state index in [0.717, 1.165) is 22.5 Å². The van der Waals surface area contributed by atoms with Gasteiger partial charge in [0, 0.05) is 22.7 Å². The minimum Gasteiger partial charge on any atom is -0.486 e. The molecule has 0 fully saturated rings. The number of aromatic carboxylic acids is 1. The molecule has 2 aromatic heterocycles. The molecule has 0 saturated carbocycles. The molecule has 0 aliphatic carbocycles. The lowest BCUT2D eigenvalue weighted by atomic mass is 10.1. The van der Waals surface area contributed by atoms with E-state index in [1.807, 2.05) is 89.8 Å². The summed E-state index contributed by atoms with van der Waals surface area (Å²) in [7, 11) is 0. The molecule has 176 valence electrons. The third-order valence-corrected chi connectivity index (χ3v) is 5.98. The van der Waals surface area contributed by atoms with Crippen LogP contribution in [0.1, 0.15) is 21.6 Å². The highest BCUT2D eigenvalue weighted by atomic mass is 16.6. The van der Waals surface area contributed by atoms with Crippen molar-refractivity contribution in [1.29, 1.82) is 0 Å². The Kier molecular flexibility index (Phi) is 5.42. The zero-order chi connectivity index (χ0) is 24.5. The molecule has 0 spiro atoms. The lowest BCUT2D eigenvalue weighted by Crippen LogP contribution is -2.15. The van der Waals surface area contributed by atoms with Crippen molar-refractivity contribution < 1.29 is 19.4 Å². The predicted molar refractivity (Wildman–Crippen MR) is 138 cm³/mol. The molecule has 3 heterocycles. The van der Waals surface area contributed by atoms with Crippen LogP contribution in [0.4, 0.5) is 0 Å². The first kappa shape index (κ1) is 21.6. The number of carbonyl (C=O) groups is 1. The Morgan fingerprint density at radius 1 is 0.889 bits per heavy atom. The van der Waals surface area contributed by atoms with E-state index in [2.05, 4.69) is 4.98 Å². The molecule has 0 radical (unpaired) electrons. The van der Waals surface area contributed by atoms with Crippen molar-refractivity contribution in [3.05, 3.63) is 102 Å². The summed E-state index contributed by atoms with van der Waals surface area (Å²) >= 11 is 0. The van der Waals surface area contributed by atoms with Gasteiger partial charge in [0.25, 0.3) is 0 Å². The van der Waals surface area contributed by atoms with Gasteiger partial charge in [-0.3, -0.25) is 0 Å². The van der Waals surface area contributed by atoms with E-state index in [0.29, 0.717) is 41.3 Å². The maximum absolute atomic E-state index is 11.9. The molecule has 0 atom stereocenters. The molecular weight excluding hydrogens is 454 g/mol. The Hall–Kier alpha value is -4.91. The molecule has 0 amide bonds. The number of fused-ring (bicyclic) bond motifs is 2. The number of rotatable bonds is 5. The molecule has 5 aromatic rings. The molecule has 6 rings (SSSR count). The summed E-state index contributed by atoms with van der Waals surface area (Å²) in [4.78, 5) is 16.5. The number of hydrogen-bond donors (Lipinski definition) is 1. The van der Waals surface area contributed by atoms with Crippen molar-refractivity contribution in [1.82, 2.24) is 14.8 Å². The van der Waals surface area contributed by atoms with Gasteiger partial charge in [-0.15, -0.1) is 0 Å². The van der Waals surface area contributed by atoms with Crippen molar-refractivity contribution in [2.75, 3.05) is 13.2 Å². The van der Waals surface area contributed by atoms with E-state index in [1.54, 1.807) is 12.1 Å². The van der Waals surface area contributed by atoms with Crippen LogP contribution in [0.5, 0.6) is 11.5 Å². The minimum absolute atomic E-state index is 0.215. The van der Waals surface area contributed by atoms with Gasteiger partial charge in [0.2, 0.25) is 0 Å². The summed E-state index contributed by atoms with van der Waals surface area (Å²) in [6.45, 7) is 1.03. The molecule has 0 unspecified atom stereocenters. The Balaban J connectivity index is 1.45. The van der Waals surface area contributed by atoms with Crippen molar-refractivity contribution in [2.45, 2.75) is 0 Å². The van der Waals surface area contributed by atoms with Gasteiger partial charge >= 0.3 is 5.97 Å². The Morgan fingerprint density at radius 2 is 1.67 bits per heavy atom. The van der Waals surface area contributed by atoms with Crippen LogP contribution in [0.25, 0.3) is 40.0 Å². The number of carboxylic acids is 1. The monoisotopic (exact) mass is 475 g/mol. The van der Waals surface area contributed by atoms with E-state index in [4.69, 9.17) is 14.6 Å². The number of pyridine rings is 1. The summed E-state index contributed by atoms with van der Waals surface area (Å²) in [6, 6.07) is 24.5. The Bertz CT molecular complexity index is 1620. The summed E-state index contributed by atoms with van der Waals surface area (Å²) < 4.78 is 13.3. The van der Waals surface area contributed by atoms with E-state index >= 15 is 0 Å². The van der Waals surface area contributed by atoms with Crippen LogP contribution in [0.3, 0.4) is 0 Å². The van der Waals surface area contributed by atoms with Crippen LogP contribution < -0.4 is 9.47 Å². The van der Waals surface area contributed by atoms with E-state index in [9.17, 15) is 9.90 Å². The first-order valence-electron chi connectivity index (χ1n) is 11.5. The average Bonchev–Trinajstić information content (AvgIpc) is 3.36. The highest BCUT2D eigenvalue weighted by molar-refractivity contribution is 6.03. The Labute approximate surface area is 206 Å². The first-order chi connectivity index (χ1) is 17.7. The number of aromatic nitrogens is 3. The van der Waals surface area contributed by atoms with Crippen molar-refractivity contribution in [3.8, 4) is 28.4 Å². The topological polar surface area (TPSA) is 86.5 Å². The number of carboxylic acid groups (broad SMARTS) is 1. The van der Waals surface area contributed by atoms with Gasteiger partial charge in [-0.1, -0.05) is 36.4 Å². The lowest BCUT2D eigenvalue weighted by Gasteiger charge is -2.18. The number of ether oxygens (including phenoxy) is 2. The molecule has 1 aliphatic heterocycles. The fourth-order valence-corrected chi connectivity index (χ4v) is 4.27. The predicted octanol–water partition coefficient (Wildman–Crippen LogP) is 5.73. The smallest absolute Gasteiger partial charge is 0.336 e. The van der Waals surface area contributed by atoms with Crippen LogP contribution >= 0.6 is 0 Å². The lowest BCUT2D eigenvalue weighted by molar-refractivity contribution is 0.0699. The summed E-state index contributed by atoms with van der Waals surface area (Å²) in [5.41, 5.74) is 4.80. The Morgan fingerprint density at radius 3 is 2.50 bits per heavy atom. The van der Waals surface area contributed by atoms with E-state index in [1.165, 1.54) is 0 Å². The standard InChI is InChI=1S/C29H21N3O4/c33-29(34)24-17-21(30-25-9-5-4-8-23(24)25)12-10-20-18-32(22-6-2-1-3-7-22)31-28(20)19-11-13-26-27(16-19)36-15-14-35-26/h1-13,16-18H,14-15H2,(H,33,34). The molecule has 36 heavy (non-hydrogen) atoms. The van der Waals surface area contributed by atoms with Crippen LogP contribution in [0.2, 0.25) is 0 Å². The van der Waals surface area contributed by atoms with Crippen molar-refractivity contribution in [3.63, 3.8) is 0 Å². The first-order valence-corrected chi connectivity index (χ1v) is 11.5. The minimum atomic E-state index is -0.989. The van der Waals surface area contributed by atoms with Gasteiger partial charge < -0.3 is 14.6 Å². The zero-order valence-electron chi connectivity index (χ0n) is 19.2. The van der Waals surface area contributed by atoms with Crippen LogP contribution in [0.15, 0.2) is 85.1 Å². The normalized spacial score (nSPS) is 12.8. The quantitative estimate of drug-likeness (QED) is 0.350.